The van der Waals surface area contributed by atoms with Crippen LogP contribution in [0.3, 0.4) is 0 Å². The van der Waals surface area contributed by atoms with Crippen LogP contribution in [0.1, 0.15) is 59.3 Å². The standard InChI is InChI=1S/C14H26O3/c1-11-5-9-14(16,10-6-11)12(15)7-8-13(2,3)17-4/h11,16H,5-10H2,1-4H3. The molecule has 0 aromatic heterocycles. The number of carbonyl (C=O) groups is 1. The fourth-order valence-corrected chi connectivity index (χ4v) is 2.27. The minimum atomic E-state index is -1.06. The van der Waals surface area contributed by atoms with E-state index in [2.05, 4.69) is 6.92 Å². The van der Waals surface area contributed by atoms with Crippen LogP contribution in [-0.2, 0) is 9.53 Å². The van der Waals surface area contributed by atoms with E-state index in [0.29, 0.717) is 31.6 Å². The summed E-state index contributed by atoms with van der Waals surface area (Å²) < 4.78 is 5.29. The maximum atomic E-state index is 12.1. The van der Waals surface area contributed by atoms with Gasteiger partial charge in [-0.25, -0.2) is 0 Å². The van der Waals surface area contributed by atoms with Crippen molar-refractivity contribution >= 4 is 5.78 Å². The molecule has 0 amide bonds. The number of rotatable bonds is 5. The molecule has 0 spiro atoms. The van der Waals surface area contributed by atoms with Gasteiger partial charge in [0, 0.05) is 13.5 Å². The van der Waals surface area contributed by atoms with Crippen LogP contribution in [-0.4, -0.2) is 29.2 Å². The zero-order chi connectivity index (χ0) is 13.1. The summed E-state index contributed by atoms with van der Waals surface area (Å²) in [6.45, 7) is 6.11. The van der Waals surface area contributed by atoms with E-state index in [1.54, 1.807) is 7.11 Å². The van der Waals surface area contributed by atoms with Crippen molar-refractivity contribution in [2.45, 2.75) is 70.5 Å². The highest BCUT2D eigenvalue weighted by Gasteiger charge is 2.38. The Morgan fingerprint density at radius 3 is 2.41 bits per heavy atom. The molecule has 0 radical (unpaired) electrons. The van der Waals surface area contributed by atoms with E-state index in [4.69, 9.17) is 4.74 Å². The molecule has 0 heterocycles. The van der Waals surface area contributed by atoms with Gasteiger partial charge in [-0.05, 0) is 51.9 Å². The van der Waals surface area contributed by atoms with E-state index in [1.165, 1.54) is 0 Å². The Hall–Kier alpha value is -0.410. The summed E-state index contributed by atoms with van der Waals surface area (Å²) in [7, 11) is 1.65. The van der Waals surface area contributed by atoms with Gasteiger partial charge in [-0.1, -0.05) is 6.92 Å². The van der Waals surface area contributed by atoms with Crippen molar-refractivity contribution in [3.8, 4) is 0 Å². The Morgan fingerprint density at radius 1 is 1.41 bits per heavy atom. The molecule has 0 aromatic rings. The van der Waals surface area contributed by atoms with Gasteiger partial charge in [0.25, 0.3) is 0 Å². The predicted molar refractivity (Wildman–Crippen MR) is 67.9 cm³/mol. The summed E-state index contributed by atoms with van der Waals surface area (Å²) in [5.74, 6) is 0.632. The number of ether oxygens (including phenoxy) is 1. The summed E-state index contributed by atoms with van der Waals surface area (Å²) in [6, 6.07) is 0. The highest BCUT2D eigenvalue weighted by molar-refractivity contribution is 5.87. The number of ketones is 1. The third-order valence-electron chi connectivity index (χ3n) is 4.13. The molecule has 3 nitrogen and oxygen atoms in total. The minimum absolute atomic E-state index is 0.00507. The summed E-state index contributed by atoms with van der Waals surface area (Å²) in [4.78, 5) is 12.1. The fourth-order valence-electron chi connectivity index (χ4n) is 2.27. The molecule has 1 saturated carbocycles. The molecule has 0 aliphatic heterocycles. The molecule has 1 rings (SSSR count). The van der Waals surface area contributed by atoms with Crippen LogP contribution in [0.2, 0.25) is 0 Å². The zero-order valence-electron chi connectivity index (χ0n) is 11.6. The summed E-state index contributed by atoms with van der Waals surface area (Å²) in [5.41, 5.74) is -1.34. The molecule has 0 bridgehead atoms. The summed E-state index contributed by atoms with van der Waals surface area (Å²) in [5, 5.41) is 10.3. The maximum absolute atomic E-state index is 12.1. The SMILES string of the molecule is COC(C)(C)CCC(=O)C1(O)CCC(C)CC1. The molecule has 3 heteroatoms. The van der Waals surface area contributed by atoms with Gasteiger partial charge >= 0.3 is 0 Å². The van der Waals surface area contributed by atoms with Crippen LogP contribution in [0.25, 0.3) is 0 Å². The van der Waals surface area contributed by atoms with E-state index in [1.807, 2.05) is 13.8 Å². The van der Waals surface area contributed by atoms with Gasteiger partial charge in [0.2, 0.25) is 0 Å². The maximum Gasteiger partial charge on any atom is 0.164 e. The van der Waals surface area contributed by atoms with Crippen LogP contribution >= 0.6 is 0 Å². The molecule has 0 saturated heterocycles. The molecular weight excluding hydrogens is 216 g/mol. The highest BCUT2D eigenvalue weighted by atomic mass is 16.5. The number of hydrogen-bond donors (Lipinski definition) is 1. The molecular formula is C14H26O3. The van der Waals surface area contributed by atoms with Crippen molar-refractivity contribution < 1.29 is 14.6 Å². The first-order valence-corrected chi connectivity index (χ1v) is 6.60. The first-order chi connectivity index (χ1) is 7.79. The third-order valence-corrected chi connectivity index (χ3v) is 4.13. The first kappa shape index (κ1) is 14.7. The van der Waals surface area contributed by atoms with Crippen molar-refractivity contribution in [2.24, 2.45) is 5.92 Å². The molecule has 0 atom stereocenters. The van der Waals surface area contributed by atoms with Gasteiger partial charge in [-0.15, -0.1) is 0 Å². The number of methoxy groups -OCH3 is 1. The largest absolute Gasteiger partial charge is 0.382 e. The monoisotopic (exact) mass is 242 g/mol. The number of Topliss-reactive ketones (excluding diaryl/α,β-unsaturated/α-hetero) is 1. The Labute approximate surface area is 105 Å². The molecule has 0 unspecified atom stereocenters. The van der Waals surface area contributed by atoms with Gasteiger partial charge in [-0.2, -0.15) is 0 Å². The van der Waals surface area contributed by atoms with Crippen molar-refractivity contribution in [3.63, 3.8) is 0 Å². The Morgan fingerprint density at radius 2 is 1.94 bits per heavy atom. The fraction of sp³-hybridized carbons (Fsp3) is 0.929. The van der Waals surface area contributed by atoms with Gasteiger partial charge in [0.05, 0.1) is 5.60 Å². The van der Waals surface area contributed by atoms with Crippen LogP contribution in [0.15, 0.2) is 0 Å². The second-order valence-electron chi connectivity index (χ2n) is 6.10. The lowest BCUT2D eigenvalue weighted by molar-refractivity contribution is -0.142. The highest BCUT2D eigenvalue weighted by Crippen LogP contribution is 2.34. The smallest absolute Gasteiger partial charge is 0.164 e. The van der Waals surface area contributed by atoms with Gasteiger partial charge in [-0.3, -0.25) is 4.79 Å². The van der Waals surface area contributed by atoms with E-state index in [-0.39, 0.29) is 11.4 Å². The Balaban J connectivity index is 2.47. The lowest BCUT2D eigenvalue weighted by Gasteiger charge is -2.34. The van der Waals surface area contributed by atoms with Crippen molar-refractivity contribution in [1.82, 2.24) is 0 Å². The lowest BCUT2D eigenvalue weighted by atomic mass is 9.76. The molecule has 100 valence electrons. The third kappa shape index (κ3) is 4.07. The normalized spacial score (nSPS) is 30.3. The van der Waals surface area contributed by atoms with E-state index in [0.717, 1.165) is 12.8 Å². The van der Waals surface area contributed by atoms with Crippen LogP contribution in [0, 0.1) is 5.92 Å². The average molecular weight is 242 g/mol. The zero-order valence-corrected chi connectivity index (χ0v) is 11.6. The van der Waals surface area contributed by atoms with Crippen LogP contribution in [0.4, 0.5) is 0 Å². The van der Waals surface area contributed by atoms with Gasteiger partial charge < -0.3 is 9.84 Å². The minimum Gasteiger partial charge on any atom is -0.382 e. The predicted octanol–water partition coefficient (Wildman–Crippen LogP) is 2.70. The summed E-state index contributed by atoms with van der Waals surface area (Å²) in [6.07, 6.45) is 4.23. The Bertz CT molecular complexity index is 263. The van der Waals surface area contributed by atoms with E-state index < -0.39 is 5.60 Å². The van der Waals surface area contributed by atoms with Gasteiger partial charge in [0.1, 0.15) is 5.60 Å². The van der Waals surface area contributed by atoms with Gasteiger partial charge in [0.15, 0.2) is 5.78 Å². The number of carbonyl (C=O) groups excluding carboxylic acids is 1. The molecule has 1 fully saturated rings. The second-order valence-corrected chi connectivity index (χ2v) is 6.10. The number of aliphatic hydroxyl groups is 1. The van der Waals surface area contributed by atoms with E-state index >= 15 is 0 Å². The first-order valence-electron chi connectivity index (χ1n) is 6.60. The van der Waals surface area contributed by atoms with Crippen molar-refractivity contribution in [2.75, 3.05) is 7.11 Å². The molecule has 1 N–H and O–H groups in total. The Kier molecular flexibility index (Phi) is 4.73. The average Bonchev–Trinajstić information content (AvgIpc) is 2.30. The van der Waals surface area contributed by atoms with E-state index in [9.17, 15) is 9.90 Å². The number of hydrogen-bond acceptors (Lipinski definition) is 3. The topological polar surface area (TPSA) is 46.5 Å². The molecule has 1 aliphatic carbocycles. The van der Waals surface area contributed by atoms with Crippen molar-refractivity contribution in [1.29, 1.82) is 0 Å². The van der Waals surface area contributed by atoms with Crippen LogP contribution < -0.4 is 0 Å². The molecule has 1 aliphatic rings. The second kappa shape index (κ2) is 5.49. The summed E-state index contributed by atoms with van der Waals surface area (Å²) >= 11 is 0. The van der Waals surface area contributed by atoms with Crippen molar-refractivity contribution in [3.05, 3.63) is 0 Å². The quantitative estimate of drug-likeness (QED) is 0.806. The molecule has 17 heavy (non-hydrogen) atoms. The van der Waals surface area contributed by atoms with Crippen LogP contribution in [0.5, 0.6) is 0 Å². The molecule has 0 aromatic carbocycles. The lowest BCUT2D eigenvalue weighted by Crippen LogP contribution is -2.42.